The lowest BCUT2D eigenvalue weighted by Gasteiger charge is -2.14. The molecule has 0 aliphatic rings. The molecule has 0 aromatic heterocycles. The molecule has 0 heterocycles. The fourth-order valence-corrected chi connectivity index (χ4v) is 2.52. The molecule has 0 radical (unpaired) electrons. The van der Waals surface area contributed by atoms with E-state index in [4.69, 9.17) is 5.11 Å². The molecule has 6 heteroatoms. The predicted octanol–water partition coefficient (Wildman–Crippen LogP) is 1.34. The first-order valence-electron chi connectivity index (χ1n) is 5.19. The summed E-state index contributed by atoms with van der Waals surface area (Å²) in [6, 6.07) is 4.78. The Balaban J connectivity index is 3.30. The van der Waals surface area contributed by atoms with Gasteiger partial charge < -0.3 is 5.11 Å². The summed E-state index contributed by atoms with van der Waals surface area (Å²) in [6.07, 6.45) is 2.33. The van der Waals surface area contributed by atoms with Crippen molar-refractivity contribution in [2.45, 2.75) is 11.8 Å². The smallest absolute Gasteiger partial charge is 0.328 e. The summed E-state index contributed by atoms with van der Waals surface area (Å²) in [4.78, 5) is 10.6. The standard InChI is InChI=1S/C12H15NO4S/c1-9-4-5-10(6-7-12(14)15)8-11(9)18(16,17)13(2)3/h4-8H,1-3H3,(H,14,15)/b7-6+. The number of rotatable bonds is 4. The molecule has 0 unspecified atom stereocenters. The second kappa shape index (κ2) is 5.32. The van der Waals surface area contributed by atoms with E-state index >= 15 is 0 Å². The molecule has 0 aliphatic carbocycles. The topological polar surface area (TPSA) is 74.7 Å². The highest BCUT2D eigenvalue weighted by Crippen LogP contribution is 2.20. The fourth-order valence-electron chi connectivity index (χ4n) is 1.36. The molecule has 0 atom stereocenters. The molecule has 0 saturated heterocycles. The van der Waals surface area contributed by atoms with Crippen LogP contribution in [0.25, 0.3) is 6.08 Å². The van der Waals surface area contributed by atoms with E-state index in [2.05, 4.69) is 0 Å². The number of nitrogens with zero attached hydrogens (tertiary/aromatic N) is 1. The van der Waals surface area contributed by atoms with Crippen LogP contribution < -0.4 is 0 Å². The summed E-state index contributed by atoms with van der Waals surface area (Å²) >= 11 is 0. The van der Waals surface area contributed by atoms with Gasteiger partial charge in [-0.1, -0.05) is 12.1 Å². The molecule has 0 amide bonds. The Hall–Kier alpha value is -1.66. The van der Waals surface area contributed by atoms with E-state index in [0.29, 0.717) is 11.1 Å². The molecule has 1 N–H and O–H groups in total. The second-order valence-corrected chi connectivity index (χ2v) is 6.10. The summed E-state index contributed by atoms with van der Waals surface area (Å²) < 4.78 is 25.2. The molecule has 0 saturated carbocycles. The van der Waals surface area contributed by atoms with E-state index < -0.39 is 16.0 Å². The van der Waals surface area contributed by atoms with Gasteiger partial charge in [-0.25, -0.2) is 17.5 Å². The molecule has 0 fully saturated rings. The molecule has 0 aliphatic heterocycles. The van der Waals surface area contributed by atoms with Crippen molar-refractivity contribution in [2.75, 3.05) is 14.1 Å². The monoisotopic (exact) mass is 269 g/mol. The minimum atomic E-state index is -3.52. The third kappa shape index (κ3) is 3.18. The van der Waals surface area contributed by atoms with E-state index in [1.807, 2.05) is 0 Å². The average Bonchev–Trinajstić information content (AvgIpc) is 2.27. The van der Waals surface area contributed by atoms with Crippen molar-refractivity contribution < 1.29 is 18.3 Å². The Morgan fingerprint density at radius 2 is 1.94 bits per heavy atom. The van der Waals surface area contributed by atoms with Crippen LogP contribution in [0.2, 0.25) is 0 Å². The highest BCUT2D eigenvalue weighted by molar-refractivity contribution is 7.89. The third-order valence-corrected chi connectivity index (χ3v) is 4.35. The van der Waals surface area contributed by atoms with Gasteiger partial charge in [0.05, 0.1) is 4.90 Å². The van der Waals surface area contributed by atoms with Crippen molar-refractivity contribution in [3.05, 3.63) is 35.4 Å². The van der Waals surface area contributed by atoms with Crippen molar-refractivity contribution in [1.82, 2.24) is 4.31 Å². The quantitative estimate of drug-likeness (QED) is 0.837. The van der Waals surface area contributed by atoms with Gasteiger partial charge in [0.15, 0.2) is 0 Å². The number of carboxylic acid groups (broad SMARTS) is 1. The van der Waals surface area contributed by atoms with Crippen LogP contribution in [-0.2, 0) is 14.8 Å². The zero-order valence-corrected chi connectivity index (χ0v) is 11.2. The number of aliphatic carboxylic acids is 1. The summed E-state index contributed by atoms with van der Waals surface area (Å²) in [5.41, 5.74) is 1.15. The molecule has 98 valence electrons. The van der Waals surface area contributed by atoms with Crippen LogP contribution in [0.1, 0.15) is 11.1 Å². The zero-order chi connectivity index (χ0) is 13.9. The lowest BCUT2D eigenvalue weighted by Crippen LogP contribution is -2.23. The number of aryl methyl sites for hydroxylation is 1. The van der Waals surface area contributed by atoms with Crippen LogP contribution in [-0.4, -0.2) is 37.9 Å². The molecule has 0 bridgehead atoms. The number of sulfonamides is 1. The Morgan fingerprint density at radius 1 is 1.33 bits per heavy atom. The number of hydrogen-bond acceptors (Lipinski definition) is 3. The molecule has 18 heavy (non-hydrogen) atoms. The first kappa shape index (κ1) is 14.4. The SMILES string of the molecule is Cc1ccc(/C=C/C(=O)O)cc1S(=O)(=O)N(C)C. The molecular weight excluding hydrogens is 254 g/mol. The van der Waals surface area contributed by atoms with Crippen molar-refractivity contribution in [2.24, 2.45) is 0 Å². The molecule has 1 aromatic rings. The number of carbonyl (C=O) groups is 1. The van der Waals surface area contributed by atoms with Gasteiger partial charge in [-0.15, -0.1) is 0 Å². The van der Waals surface area contributed by atoms with Gasteiger partial charge in [-0.3, -0.25) is 0 Å². The van der Waals surface area contributed by atoms with Crippen LogP contribution in [0.15, 0.2) is 29.2 Å². The van der Waals surface area contributed by atoms with Crippen molar-refractivity contribution in [3.8, 4) is 0 Å². The maximum atomic E-state index is 12.0. The number of carboxylic acids is 1. The minimum absolute atomic E-state index is 0.181. The lowest BCUT2D eigenvalue weighted by molar-refractivity contribution is -0.131. The Morgan fingerprint density at radius 3 is 2.44 bits per heavy atom. The van der Waals surface area contributed by atoms with Crippen LogP contribution in [0.3, 0.4) is 0 Å². The van der Waals surface area contributed by atoms with E-state index in [1.165, 1.54) is 26.2 Å². The van der Waals surface area contributed by atoms with E-state index in [1.54, 1.807) is 19.1 Å². The van der Waals surface area contributed by atoms with Gasteiger partial charge in [0.1, 0.15) is 0 Å². The molecule has 1 rings (SSSR count). The van der Waals surface area contributed by atoms with E-state index in [9.17, 15) is 13.2 Å². The van der Waals surface area contributed by atoms with Crippen molar-refractivity contribution in [1.29, 1.82) is 0 Å². The summed E-state index contributed by atoms with van der Waals surface area (Å²) in [6.45, 7) is 1.70. The Kier molecular flexibility index (Phi) is 4.26. The average molecular weight is 269 g/mol. The number of hydrogen-bond donors (Lipinski definition) is 1. The van der Waals surface area contributed by atoms with Crippen molar-refractivity contribution >= 4 is 22.1 Å². The maximum absolute atomic E-state index is 12.0. The first-order chi connectivity index (χ1) is 8.25. The lowest BCUT2D eigenvalue weighted by atomic mass is 10.1. The van der Waals surface area contributed by atoms with Crippen molar-refractivity contribution in [3.63, 3.8) is 0 Å². The largest absolute Gasteiger partial charge is 0.478 e. The first-order valence-corrected chi connectivity index (χ1v) is 6.63. The van der Waals surface area contributed by atoms with E-state index in [-0.39, 0.29) is 4.90 Å². The summed E-state index contributed by atoms with van der Waals surface area (Å²) in [5, 5.41) is 8.53. The van der Waals surface area contributed by atoms with Crippen LogP contribution in [0.4, 0.5) is 0 Å². The van der Waals surface area contributed by atoms with Crippen LogP contribution in [0.5, 0.6) is 0 Å². The second-order valence-electron chi connectivity index (χ2n) is 3.98. The summed E-state index contributed by atoms with van der Waals surface area (Å²) in [7, 11) is -0.611. The number of benzene rings is 1. The molecule has 5 nitrogen and oxygen atoms in total. The zero-order valence-electron chi connectivity index (χ0n) is 10.4. The van der Waals surface area contributed by atoms with Crippen LogP contribution >= 0.6 is 0 Å². The predicted molar refractivity (Wildman–Crippen MR) is 68.7 cm³/mol. The van der Waals surface area contributed by atoms with Gasteiger partial charge in [0, 0.05) is 20.2 Å². The molecule has 1 aromatic carbocycles. The van der Waals surface area contributed by atoms with Gasteiger partial charge >= 0.3 is 5.97 Å². The Labute approximate surface area is 106 Å². The van der Waals surface area contributed by atoms with Gasteiger partial charge in [-0.05, 0) is 30.2 Å². The highest BCUT2D eigenvalue weighted by atomic mass is 32.2. The minimum Gasteiger partial charge on any atom is -0.478 e. The maximum Gasteiger partial charge on any atom is 0.328 e. The Bertz CT molecular complexity index is 588. The fraction of sp³-hybridized carbons (Fsp3) is 0.250. The van der Waals surface area contributed by atoms with E-state index in [0.717, 1.165) is 10.4 Å². The summed E-state index contributed by atoms with van der Waals surface area (Å²) in [5.74, 6) is -1.08. The molecule has 0 spiro atoms. The third-order valence-electron chi connectivity index (χ3n) is 2.39. The van der Waals surface area contributed by atoms with Gasteiger partial charge in [0.25, 0.3) is 0 Å². The normalized spacial score (nSPS) is 12.2. The van der Waals surface area contributed by atoms with Gasteiger partial charge in [0.2, 0.25) is 10.0 Å². The van der Waals surface area contributed by atoms with Gasteiger partial charge in [-0.2, -0.15) is 0 Å². The van der Waals surface area contributed by atoms with Crippen LogP contribution in [0, 0.1) is 6.92 Å². The molecular formula is C12H15NO4S. The highest BCUT2D eigenvalue weighted by Gasteiger charge is 2.19.